The number of hydrogen-bond acceptors (Lipinski definition) is 5. The molecule has 3 N–H and O–H groups in total. The number of hydrogen-bond donors (Lipinski definition) is 2. The Bertz CT molecular complexity index is 400. The molecule has 0 unspecified atom stereocenters. The van der Waals surface area contributed by atoms with E-state index in [1.165, 1.54) is 6.07 Å². The number of nitrogens with zero attached hydrogens (tertiary/aromatic N) is 1. The van der Waals surface area contributed by atoms with Crippen LogP contribution in [0.25, 0.3) is 0 Å². The Morgan fingerprint density at radius 2 is 2.06 bits per heavy atom. The number of aromatic nitrogens is 1. The second-order valence-corrected chi connectivity index (χ2v) is 2.98. The molecular formula is C8H8Cl2N2O4. The fourth-order valence-corrected chi connectivity index (χ4v) is 1.23. The van der Waals surface area contributed by atoms with Crippen molar-refractivity contribution in [3.05, 3.63) is 11.8 Å². The average Bonchev–Trinajstić information content (AvgIpc) is 2.22. The molecule has 0 amide bonds. The number of nitrogen functional groups attached to an aromatic ring is 1. The van der Waals surface area contributed by atoms with Crippen molar-refractivity contribution in [3.63, 3.8) is 0 Å². The monoisotopic (exact) mass is 266 g/mol. The fraction of sp³-hybridized carbons (Fsp3) is 0.250. The molecule has 0 bridgehead atoms. The Labute approximate surface area is 101 Å². The van der Waals surface area contributed by atoms with Gasteiger partial charge in [0.05, 0.1) is 5.69 Å². The van der Waals surface area contributed by atoms with Crippen molar-refractivity contribution < 1.29 is 19.4 Å². The SMILES string of the molecule is Nc1cc(OCCl)nc(C(=O)O)c1OCCl. The van der Waals surface area contributed by atoms with Crippen LogP contribution in [-0.4, -0.2) is 28.2 Å². The van der Waals surface area contributed by atoms with E-state index >= 15 is 0 Å². The van der Waals surface area contributed by atoms with Gasteiger partial charge in [-0.2, -0.15) is 0 Å². The maximum atomic E-state index is 10.9. The van der Waals surface area contributed by atoms with Gasteiger partial charge in [-0.3, -0.25) is 0 Å². The maximum absolute atomic E-state index is 10.9. The van der Waals surface area contributed by atoms with Gasteiger partial charge in [0, 0.05) is 6.07 Å². The number of alkyl halides is 2. The van der Waals surface area contributed by atoms with Crippen molar-refractivity contribution in [2.45, 2.75) is 0 Å². The molecule has 0 atom stereocenters. The third kappa shape index (κ3) is 2.80. The number of rotatable bonds is 5. The highest BCUT2D eigenvalue weighted by atomic mass is 35.5. The number of ether oxygens (including phenoxy) is 2. The first-order valence-corrected chi connectivity index (χ1v) is 5.08. The van der Waals surface area contributed by atoms with Gasteiger partial charge >= 0.3 is 5.97 Å². The van der Waals surface area contributed by atoms with Gasteiger partial charge in [0.1, 0.15) is 0 Å². The lowest BCUT2D eigenvalue weighted by atomic mass is 10.3. The first-order valence-electron chi connectivity index (χ1n) is 4.01. The molecule has 1 heterocycles. The predicted molar refractivity (Wildman–Crippen MR) is 58.3 cm³/mol. The van der Waals surface area contributed by atoms with Gasteiger partial charge in [-0.25, -0.2) is 9.78 Å². The summed E-state index contributed by atoms with van der Waals surface area (Å²) in [6.45, 7) is 0. The van der Waals surface area contributed by atoms with Gasteiger partial charge in [0.15, 0.2) is 23.6 Å². The van der Waals surface area contributed by atoms with Crippen molar-refractivity contribution in [1.29, 1.82) is 0 Å². The summed E-state index contributed by atoms with van der Waals surface area (Å²) in [7, 11) is 0. The Morgan fingerprint density at radius 3 is 2.56 bits per heavy atom. The van der Waals surface area contributed by atoms with E-state index < -0.39 is 5.97 Å². The molecule has 0 saturated carbocycles. The molecular weight excluding hydrogens is 259 g/mol. The van der Waals surface area contributed by atoms with Crippen LogP contribution in [0, 0.1) is 0 Å². The standard InChI is InChI=1S/C8H8Cl2N2O4/c9-2-15-5-1-4(11)7(16-3-10)6(12-5)8(13)14/h1H,2-3H2,(H2,11,12)(H,13,14). The molecule has 0 aliphatic heterocycles. The molecule has 1 aromatic heterocycles. The van der Waals surface area contributed by atoms with Crippen molar-refractivity contribution in [3.8, 4) is 11.6 Å². The molecule has 1 rings (SSSR count). The molecule has 8 heteroatoms. The van der Waals surface area contributed by atoms with Gasteiger partial charge in [-0.05, 0) is 0 Å². The molecule has 0 spiro atoms. The molecule has 0 aliphatic rings. The lowest BCUT2D eigenvalue weighted by molar-refractivity contribution is 0.0685. The van der Waals surface area contributed by atoms with Crippen LogP contribution in [-0.2, 0) is 0 Å². The zero-order chi connectivity index (χ0) is 12.1. The van der Waals surface area contributed by atoms with E-state index in [0.717, 1.165) is 0 Å². The predicted octanol–water partition coefficient (Wildman–Crippen LogP) is 1.51. The van der Waals surface area contributed by atoms with E-state index in [4.69, 9.17) is 43.5 Å². The van der Waals surface area contributed by atoms with E-state index in [9.17, 15) is 4.79 Å². The maximum Gasteiger partial charge on any atom is 0.358 e. The smallest absolute Gasteiger partial charge is 0.358 e. The molecule has 0 aromatic carbocycles. The summed E-state index contributed by atoms with van der Waals surface area (Å²) in [6, 6.07) is 0.903. The van der Waals surface area contributed by atoms with Crippen LogP contribution in [0.4, 0.5) is 5.69 Å². The number of carbonyl (C=O) groups is 1. The quantitative estimate of drug-likeness (QED) is 0.785. The van der Waals surface area contributed by atoms with Gasteiger partial charge in [-0.15, -0.1) is 0 Å². The highest BCUT2D eigenvalue weighted by molar-refractivity contribution is 6.17. The van der Waals surface area contributed by atoms with E-state index in [1.807, 2.05) is 0 Å². The average molecular weight is 267 g/mol. The Hall–Kier alpha value is -1.40. The lowest BCUT2D eigenvalue weighted by Crippen LogP contribution is -2.09. The minimum Gasteiger partial charge on any atom is -0.476 e. The summed E-state index contributed by atoms with van der Waals surface area (Å²) in [5.41, 5.74) is 5.26. The van der Waals surface area contributed by atoms with E-state index in [0.29, 0.717) is 0 Å². The van der Waals surface area contributed by atoms with Crippen molar-refractivity contribution >= 4 is 34.9 Å². The minimum absolute atomic E-state index is 0.00632. The van der Waals surface area contributed by atoms with Gasteiger partial charge in [-0.1, -0.05) is 23.2 Å². The first-order chi connectivity index (χ1) is 7.60. The first kappa shape index (κ1) is 12.7. The van der Waals surface area contributed by atoms with Crippen molar-refractivity contribution in [2.24, 2.45) is 0 Å². The number of carboxylic acid groups (broad SMARTS) is 1. The van der Waals surface area contributed by atoms with E-state index in [-0.39, 0.29) is 35.1 Å². The number of halogens is 2. The zero-order valence-electron chi connectivity index (χ0n) is 7.94. The lowest BCUT2D eigenvalue weighted by Gasteiger charge is -2.10. The molecule has 0 saturated heterocycles. The zero-order valence-corrected chi connectivity index (χ0v) is 9.46. The van der Waals surface area contributed by atoms with Crippen molar-refractivity contribution in [2.75, 3.05) is 17.9 Å². The molecule has 0 fully saturated rings. The summed E-state index contributed by atoms with van der Waals surface area (Å²) >= 11 is 10.7. The summed E-state index contributed by atoms with van der Waals surface area (Å²) in [5.74, 6) is -1.39. The Balaban J connectivity index is 3.22. The molecule has 0 radical (unpaired) electrons. The number of aromatic carboxylic acids is 1. The third-order valence-electron chi connectivity index (χ3n) is 1.58. The van der Waals surface area contributed by atoms with Crippen LogP contribution >= 0.6 is 23.2 Å². The number of nitrogens with two attached hydrogens (primary N) is 1. The second kappa shape index (κ2) is 5.62. The second-order valence-electron chi connectivity index (χ2n) is 2.54. The van der Waals surface area contributed by atoms with E-state index in [1.54, 1.807) is 0 Å². The topological polar surface area (TPSA) is 94.7 Å². The number of pyridine rings is 1. The Morgan fingerprint density at radius 1 is 1.44 bits per heavy atom. The summed E-state index contributed by atoms with van der Waals surface area (Å²) in [6.07, 6.45) is 0. The van der Waals surface area contributed by atoms with Crippen molar-refractivity contribution in [1.82, 2.24) is 4.98 Å². The van der Waals surface area contributed by atoms with Crippen LogP contribution in [0.1, 0.15) is 10.5 Å². The van der Waals surface area contributed by atoms with Gasteiger partial charge in [0.2, 0.25) is 5.88 Å². The van der Waals surface area contributed by atoms with Crippen LogP contribution in [0.3, 0.4) is 0 Å². The summed E-state index contributed by atoms with van der Waals surface area (Å²) < 4.78 is 9.70. The molecule has 16 heavy (non-hydrogen) atoms. The molecule has 6 nitrogen and oxygen atoms in total. The minimum atomic E-state index is -1.30. The third-order valence-corrected chi connectivity index (χ3v) is 1.80. The largest absolute Gasteiger partial charge is 0.476 e. The molecule has 1 aromatic rings. The summed E-state index contributed by atoms with van der Waals surface area (Å²) in [4.78, 5) is 14.5. The van der Waals surface area contributed by atoms with Gasteiger partial charge in [0.25, 0.3) is 0 Å². The van der Waals surface area contributed by atoms with Crippen LogP contribution in [0.5, 0.6) is 11.6 Å². The van der Waals surface area contributed by atoms with Crippen LogP contribution in [0.2, 0.25) is 0 Å². The number of carboxylic acids is 1. The molecule has 88 valence electrons. The van der Waals surface area contributed by atoms with Crippen LogP contribution in [0.15, 0.2) is 6.07 Å². The highest BCUT2D eigenvalue weighted by Crippen LogP contribution is 2.29. The van der Waals surface area contributed by atoms with Crippen LogP contribution < -0.4 is 15.2 Å². The van der Waals surface area contributed by atoms with Gasteiger partial charge < -0.3 is 20.3 Å². The van der Waals surface area contributed by atoms with E-state index in [2.05, 4.69) is 4.98 Å². The fourth-order valence-electron chi connectivity index (χ4n) is 1.01. The summed E-state index contributed by atoms with van der Waals surface area (Å²) in [5, 5.41) is 8.88. The number of anilines is 1. The molecule has 0 aliphatic carbocycles. The normalized spacial score (nSPS) is 9.88. The Kier molecular flexibility index (Phi) is 4.45. The highest BCUT2D eigenvalue weighted by Gasteiger charge is 2.18.